The minimum Gasteiger partial charge on any atom is -0.508 e. The highest BCUT2D eigenvalue weighted by Gasteiger charge is 2.29. The van der Waals surface area contributed by atoms with Crippen LogP contribution in [0.15, 0.2) is 30.3 Å². The van der Waals surface area contributed by atoms with Crippen molar-refractivity contribution in [2.45, 2.75) is 32.2 Å². The van der Waals surface area contributed by atoms with E-state index in [1.807, 2.05) is 13.8 Å². The van der Waals surface area contributed by atoms with Crippen molar-refractivity contribution in [3.05, 3.63) is 36.0 Å². The molecule has 8 nitrogen and oxygen atoms in total. The van der Waals surface area contributed by atoms with Crippen LogP contribution in [-0.4, -0.2) is 45.0 Å². The third kappa shape index (κ3) is 3.63. The summed E-state index contributed by atoms with van der Waals surface area (Å²) in [6, 6.07) is 8.40. The van der Waals surface area contributed by atoms with Crippen molar-refractivity contribution >= 4 is 17.1 Å². The number of hydrogen-bond donors (Lipinski definition) is 4. The molecule has 0 spiro atoms. The third-order valence-corrected chi connectivity index (χ3v) is 5.15. The first-order valence-electron chi connectivity index (χ1n) is 9.29. The van der Waals surface area contributed by atoms with Crippen molar-refractivity contribution < 1.29 is 14.6 Å². The molecule has 146 valence electrons. The lowest BCUT2D eigenvalue weighted by Gasteiger charge is -2.34. The number of nitrogens with one attached hydrogen (secondary N) is 3. The first kappa shape index (κ1) is 18.2. The van der Waals surface area contributed by atoms with E-state index in [4.69, 9.17) is 4.74 Å². The molecule has 0 unspecified atom stereocenters. The summed E-state index contributed by atoms with van der Waals surface area (Å²) in [7, 11) is 0. The van der Waals surface area contributed by atoms with Crippen molar-refractivity contribution in [2.75, 3.05) is 13.1 Å². The van der Waals surface area contributed by atoms with Crippen LogP contribution in [0.5, 0.6) is 11.5 Å². The molecule has 2 aromatic heterocycles. The number of aromatic amines is 1. The third-order valence-electron chi connectivity index (χ3n) is 5.15. The molecule has 0 atom stereocenters. The van der Waals surface area contributed by atoms with E-state index in [-0.39, 0.29) is 11.3 Å². The van der Waals surface area contributed by atoms with E-state index in [1.54, 1.807) is 30.3 Å². The number of benzene rings is 1. The minimum atomic E-state index is -0.492. The van der Waals surface area contributed by atoms with Gasteiger partial charge in [0, 0.05) is 22.9 Å². The zero-order chi connectivity index (χ0) is 19.7. The number of piperidine rings is 1. The fourth-order valence-corrected chi connectivity index (χ4v) is 3.47. The molecule has 28 heavy (non-hydrogen) atoms. The van der Waals surface area contributed by atoms with E-state index < -0.39 is 6.09 Å². The van der Waals surface area contributed by atoms with Crippen LogP contribution in [0.3, 0.4) is 0 Å². The van der Waals surface area contributed by atoms with Gasteiger partial charge in [0.05, 0.1) is 11.1 Å². The number of phenols is 1. The Morgan fingerprint density at radius 3 is 2.68 bits per heavy atom. The normalized spacial score (nSPS) is 16.1. The molecule has 1 fully saturated rings. The van der Waals surface area contributed by atoms with Gasteiger partial charge in [0.2, 0.25) is 0 Å². The van der Waals surface area contributed by atoms with Crippen LogP contribution in [0, 0.1) is 6.92 Å². The minimum absolute atomic E-state index is 0.173. The van der Waals surface area contributed by atoms with Crippen molar-refractivity contribution in [2.24, 2.45) is 0 Å². The van der Waals surface area contributed by atoms with E-state index >= 15 is 0 Å². The first-order chi connectivity index (χ1) is 13.4. The number of carbonyl (C=O) groups is 1. The van der Waals surface area contributed by atoms with Gasteiger partial charge in [0.25, 0.3) is 0 Å². The monoisotopic (exact) mass is 381 g/mol. The van der Waals surface area contributed by atoms with E-state index in [0.29, 0.717) is 22.5 Å². The van der Waals surface area contributed by atoms with Crippen molar-refractivity contribution in [1.82, 2.24) is 25.8 Å². The predicted molar refractivity (Wildman–Crippen MR) is 105 cm³/mol. The molecule has 0 bridgehead atoms. The Hall–Kier alpha value is -3.13. The molecular weight excluding hydrogens is 358 g/mol. The molecule has 0 aliphatic carbocycles. The van der Waals surface area contributed by atoms with Crippen LogP contribution in [0.2, 0.25) is 0 Å². The summed E-state index contributed by atoms with van der Waals surface area (Å²) in [5.74, 6) is 0.570. The van der Waals surface area contributed by atoms with Crippen LogP contribution in [-0.2, 0) is 0 Å². The lowest BCUT2D eigenvalue weighted by molar-refractivity contribution is 0.177. The highest BCUT2D eigenvalue weighted by atomic mass is 16.6. The first-order valence-corrected chi connectivity index (χ1v) is 9.29. The van der Waals surface area contributed by atoms with Crippen LogP contribution >= 0.6 is 0 Å². The van der Waals surface area contributed by atoms with Gasteiger partial charge in [-0.3, -0.25) is 5.10 Å². The van der Waals surface area contributed by atoms with E-state index in [9.17, 15) is 9.90 Å². The number of rotatable bonds is 3. The molecule has 1 aliphatic heterocycles. The summed E-state index contributed by atoms with van der Waals surface area (Å²) in [6.07, 6.45) is 1.20. The number of nitrogens with zero attached hydrogens (tertiary/aromatic N) is 2. The van der Waals surface area contributed by atoms with Gasteiger partial charge >= 0.3 is 6.09 Å². The van der Waals surface area contributed by atoms with Crippen molar-refractivity contribution in [3.63, 3.8) is 0 Å². The van der Waals surface area contributed by atoms with Gasteiger partial charge in [0.15, 0.2) is 5.65 Å². The molecule has 8 heteroatoms. The summed E-state index contributed by atoms with van der Waals surface area (Å²) < 4.78 is 5.70. The SMILES string of the molecule is Cc1[nH]nc2nc(-c3ccc(O)cc3)cc(OC(=O)NC3(C)CCNCC3)c12. The van der Waals surface area contributed by atoms with Gasteiger partial charge in [-0.25, -0.2) is 9.78 Å². The van der Waals surface area contributed by atoms with Crippen LogP contribution < -0.4 is 15.4 Å². The second-order valence-corrected chi connectivity index (χ2v) is 7.42. The Morgan fingerprint density at radius 1 is 1.25 bits per heavy atom. The Morgan fingerprint density at radius 2 is 1.96 bits per heavy atom. The largest absolute Gasteiger partial charge is 0.508 e. The van der Waals surface area contributed by atoms with Gasteiger partial charge in [-0.1, -0.05) is 0 Å². The molecule has 1 amide bonds. The summed E-state index contributed by atoms with van der Waals surface area (Å²) in [5.41, 5.74) is 2.35. The van der Waals surface area contributed by atoms with Crippen LogP contribution in [0.1, 0.15) is 25.5 Å². The quantitative estimate of drug-likeness (QED) is 0.555. The Bertz CT molecular complexity index is 1010. The highest BCUT2D eigenvalue weighted by Crippen LogP contribution is 2.32. The summed E-state index contributed by atoms with van der Waals surface area (Å²) in [6.45, 7) is 5.61. The summed E-state index contributed by atoms with van der Waals surface area (Å²) in [5, 5.41) is 23.6. The molecule has 1 saturated heterocycles. The average molecular weight is 381 g/mol. The number of aromatic hydroxyl groups is 1. The molecular formula is C20H23N5O3. The van der Waals surface area contributed by atoms with Crippen molar-refractivity contribution in [1.29, 1.82) is 0 Å². The smallest absolute Gasteiger partial charge is 0.413 e. The van der Waals surface area contributed by atoms with Gasteiger partial charge in [-0.2, -0.15) is 5.10 Å². The Labute approximate surface area is 162 Å². The number of carbonyl (C=O) groups excluding carboxylic acids is 1. The molecule has 3 aromatic rings. The van der Waals surface area contributed by atoms with Gasteiger partial charge in [0.1, 0.15) is 11.5 Å². The molecule has 0 radical (unpaired) electrons. The predicted octanol–water partition coefficient (Wildman–Crippen LogP) is 2.87. The van der Waals surface area contributed by atoms with Gasteiger partial charge in [-0.15, -0.1) is 0 Å². The number of aryl methyl sites for hydroxylation is 1. The number of amides is 1. The number of aromatic nitrogens is 3. The zero-order valence-electron chi connectivity index (χ0n) is 15.9. The Kier molecular flexibility index (Phi) is 4.64. The topological polar surface area (TPSA) is 112 Å². The molecule has 1 aromatic carbocycles. The van der Waals surface area contributed by atoms with Gasteiger partial charge < -0.3 is 20.5 Å². The number of hydrogen-bond acceptors (Lipinski definition) is 6. The maximum absolute atomic E-state index is 12.6. The number of fused-ring (bicyclic) bond motifs is 1. The van der Waals surface area contributed by atoms with E-state index in [0.717, 1.165) is 37.2 Å². The zero-order valence-corrected chi connectivity index (χ0v) is 15.9. The lowest BCUT2D eigenvalue weighted by Crippen LogP contribution is -2.53. The second kappa shape index (κ2) is 7.12. The van der Waals surface area contributed by atoms with Crippen molar-refractivity contribution in [3.8, 4) is 22.8 Å². The number of pyridine rings is 1. The van der Waals surface area contributed by atoms with Crippen LogP contribution in [0.25, 0.3) is 22.3 Å². The second-order valence-electron chi connectivity index (χ2n) is 7.42. The highest BCUT2D eigenvalue weighted by molar-refractivity contribution is 5.89. The standard InChI is InChI=1S/C20H23N5O3/c1-12-17-16(28-19(27)23-20(2)7-9-21-10-8-20)11-15(22-18(17)25-24-12)13-3-5-14(26)6-4-13/h3-6,11,21,26H,7-10H2,1-2H3,(H,23,27)(H,22,24,25). The number of H-pyrrole nitrogens is 1. The summed E-state index contributed by atoms with van der Waals surface area (Å²) >= 11 is 0. The fraction of sp³-hybridized carbons (Fsp3) is 0.350. The maximum Gasteiger partial charge on any atom is 0.413 e. The summed E-state index contributed by atoms with van der Waals surface area (Å²) in [4.78, 5) is 17.2. The van der Waals surface area contributed by atoms with Gasteiger partial charge in [-0.05, 0) is 64.0 Å². The Balaban J connectivity index is 1.66. The molecule has 4 N–H and O–H groups in total. The van der Waals surface area contributed by atoms with Crippen LogP contribution in [0.4, 0.5) is 4.79 Å². The molecule has 4 rings (SSSR count). The molecule has 1 aliphatic rings. The number of phenolic OH excluding ortho intramolecular Hbond substituents is 1. The van der Waals surface area contributed by atoms with E-state index in [2.05, 4.69) is 25.8 Å². The maximum atomic E-state index is 12.6. The average Bonchev–Trinajstić information content (AvgIpc) is 3.03. The lowest BCUT2D eigenvalue weighted by atomic mass is 9.91. The fourth-order valence-electron chi connectivity index (χ4n) is 3.47. The molecule has 0 saturated carbocycles. The molecule has 3 heterocycles. The number of ether oxygens (including phenoxy) is 1. The van der Waals surface area contributed by atoms with E-state index in [1.165, 1.54) is 0 Å².